The number of hydrogen-bond acceptors (Lipinski definition) is 2. The Balaban J connectivity index is 2.30. The van der Waals surface area contributed by atoms with Gasteiger partial charge in [0.2, 0.25) is 5.82 Å². The lowest BCUT2D eigenvalue weighted by Crippen LogP contribution is -2.05. The SMILES string of the molecule is Cc1ccc2nc(-c3c(F)c(F)c(F)c(F)c3F)cnc2c1. The summed E-state index contributed by atoms with van der Waals surface area (Å²) in [7, 11) is 0. The molecule has 0 atom stereocenters. The standard InChI is InChI=1S/C15H7F5N2/c1-6-2-3-7-8(4-6)21-5-9(22-7)10-11(16)13(18)15(20)14(19)12(10)17/h2-5H,1H3. The molecule has 0 saturated heterocycles. The summed E-state index contributed by atoms with van der Waals surface area (Å²) < 4.78 is 67.1. The quantitative estimate of drug-likeness (QED) is 0.380. The maximum atomic E-state index is 13.8. The molecule has 0 saturated carbocycles. The van der Waals surface area contributed by atoms with Crippen molar-refractivity contribution in [1.29, 1.82) is 0 Å². The highest BCUT2D eigenvalue weighted by atomic mass is 19.2. The third kappa shape index (κ3) is 2.09. The molecule has 2 nitrogen and oxygen atoms in total. The summed E-state index contributed by atoms with van der Waals surface area (Å²) in [5.74, 6) is -10.1. The molecule has 0 aliphatic heterocycles. The molecular formula is C15H7F5N2. The number of nitrogens with zero attached hydrogens (tertiary/aromatic N) is 2. The molecule has 0 bridgehead atoms. The van der Waals surface area contributed by atoms with Crippen LogP contribution in [0.3, 0.4) is 0 Å². The second-order valence-corrected chi connectivity index (χ2v) is 4.69. The fourth-order valence-corrected chi connectivity index (χ4v) is 2.07. The van der Waals surface area contributed by atoms with Gasteiger partial charge in [-0.3, -0.25) is 4.98 Å². The lowest BCUT2D eigenvalue weighted by Gasteiger charge is -2.08. The Morgan fingerprint density at radius 3 is 2.00 bits per heavy atom. The monoisotopic (exact) mass is 310 g/mol. The smallest absolute Gasteiger partial charge is 0.200 e. The molecule has 0 unspecified atom stereocenters. The lowest BCUT2D eigenvalue weighted by atomic mass is 10.1. The molecule has 112 valence electrons. The highest BCUT2D eigenvalue weighted by molar-refractivity contribution is 5.77. The summed E-state index contributed by atoms with van der Waals surface area (Å²) in [6, 6.07) is 4.93. The van der Waals surface area contributed by atoms with E-state index >= 15 is 0 Å². The minimum atomic E-state index is -2.21. The van der Waals surface area contributed by atoms with Crippen LogP contribution in [0.1, 0.15) is 5.56 Å². The van der Waals surface area contributed by atoms with E-state index in [0.29, 0.717) is 5.52 Å². The molecule has 0 aliphatic rings. The number of fused-ring (bicyclic) bond motifs is 1. The molecular weight excluding hydrogens is 303 g/mol. The average Bonchev–Trinajstić information content (AvgIpc) is 2.51. The Morgan fingerprint density at radius 2 is 1.36 bits per heavy atom. The molecule has 3 rings (SSSR count). The van der Waals surface area contributed by atoms with E-state index in [4.69, 9.17) is 0 Å². The first-order chi connectivity index (χ1) is 10.4. The van der Waals surface area contributed by atoms with E-state index in [1.54, 1.807) is 18.2 Å². The maximum Gasteiger partial charge on any atom is 0.200 e. The average molecular weight is 310 g/mol. The van der Waals surface area contributed by atoms with Crippen molar-refractivity contribution in [3.8, 4) is 11.3 Å². The van der Waals surface area contributed by atoms with Gasteiger partial charge in [0, 0.05) is 0 Å². The molecule has 7 heteroatoms. The predicted molar refractivity (Wildman–Crippen MR) is 69.5 cm³/mol. The Bertz CT molecular complexity index is 879. The number of rotatable bonds is 1. The largest absolute Gasteiger partial charge is 0.252 e. The van der Waals surface area contributed by atoms with Crippen LogP contribution in [0, 0.1) is 36.0 Å². The van der Waals surface area contributed by atoms with Gasteiger partial charge in [0.15, 0.2) is 23.3 Å². The zero-order chi connectivity index (χ0) is 16.0. The second kappa shape index (κ2) is 5.01. The van der Waals surface area contributed by atoms with Crippen molar-refractivity contribution in [2.75, 3.05) is 0 Å². The van der Waals surface area contributed by atoms with Crippen LogP contribution < -0.4 is 0 Å². The zero-order valence-corrected chi connectivity index (χ0v) is 11.1. The van der Waals surface area contributed by atoms with E-state index in [0.717, 1.165) is 11.8 Å². The van der Waals surface area contributed by atoms with Gasteiger partial charge in [0.05, 0.1) is 28.5 Å². The minimum absolute atomic E-state index is 0.284. The van der Waals surface area contributed by atoms with Crippen LogP contribution in [0.15, 0.2) is 24.4 Å². The van der Waals surface area contributed by atoms with Crippen LogP contribution in [0.25, 0.3) is 22.3 Å². The fraction of sp³-hybridized carbons (Fsp3) is 0.0667. The van der Waals surface area contributed by atoms with Crippen molar-refractivity contribution in [1.82, 2.24) is 9.97 Å². The third-order valence-electron chi connectivity index (χ3n) is 3.16. The number of benzene rings is 2. The topological polar surface area (TPSA) is 25.8 Å². The van der Waals surface area contributed by atoms with Gasteiger partial charge < -0.3 is 0 Å². The molecule has 0 aliphatic carbocycles. The van der Waals surface area contributed by atoms with Crippen LogP contribution in [0.2, 0.25) is 0 Å². The molecule has 0 radical (unpaired) electrons. The molecule has 2 aromatic carbocycles. The first kappa shape index (κ1) is 14.4. The van der Waals surface area contributed by atoms with Gasteiger partial charge in [-0.05, 0) is 24.6 Å². The summed E-state index contributed by atoms with van der Waals surface area (Å²) in [5, 5.41) is 0. The van der Waals surface area contributed by atoms with Gasteiger partial charge in [-0.25, -0.2) is 26.9 Å². The molecule has 1 aromatic heterocycles. The van der Waals surface area contributed by atoms with Crippen molar-refractivity contribution in [2.24, 2.45) is 0 Å². The summed E-state index contributed by atoms with van der Waals surface area (Å²) in [4.78, 5) is 7.87. The number of halogens is 5. The van der Waals surface area contributed by atoms with Crippen molar-refractivity contribution < 1.29 is 22.0 Å². The van der Waals surface area contributed by atoms with E-state index < -0.39 is 40.3 Å². The zero-order valence-electron chi connectivity index (χ0n) is 11.1. The van der Waals surface area contributed by atoms with Gasteiger partial charge in [-0.2, -0.15) is 0 Å². The van der Waals surface area contributed by atoms with Crippen LogP contribution >= 0.6 is 0 Å². The van der Waals surface area contributed by atoms with Gasteiger partial charge in [-0.15, -0.1) is 0 Å². The molecule has 0 N–H and O–H groups in total. The van der Waals surface area contributed by atoms with E-state index in [9.17, 15) is 22.0 Å². The summed E-state index contributed by atoms with van der Waals surface area (Å²) in [6.45, 7) is 1.82. The highest BCUT2D eigenvalue weighted by Gasteiger charge is 2.27. The van der Waals surface area contributed by atoms with Crippen molar-refractivity contribution in [2.45, 2.75) is 6.92 Å². The molecule has 0 amide bonds. The normalized spacial score (nSPS) is 11.2. The summed E-state index contributed by atoms with van der Waals surface area (Å²) >= 11 is 0. The van der Waals surface area contributed by atoms with E-state index in [1.165, 1.54) is 0 Å². The lowest BCUT2D eigenvalue weighted by molar-refractivity contribution is 0.381. The molecule has 0 fully saturated rings. The molecule has 0 spiro atoms. The Morgan fingerprint density at radius 1 is 0.773 bits per heavy atom. The van der Waals surface area contributed by atoms with E-state index in [2.05, 4.69) is 9.97 Å². The molecule has 22 heavy (non-hydrogen) atoms. The summed E-state index contributed by atoms with van der Waals surface area (Å²) in [5.41, 5.74) is 0.112. The van der Waals surface area contributed by atoms with Gasteiger partial charge in [0.25, 0.3) is 0 Å². The molecule has 1 heterocycles. The van der Waals surface area contributed by atoms with Crippen LogP contribution in [-0.4, -0.2) is 9.97 Å². The van der Waals surface area contributed by atoms with Crippen LogP contribution in [0.5, 0.6) is 0 Å². The van der Waals surface area contributed by atoms with Crippen molar-refractivity contribution >= 4 is 11.0 Å². The first-order valence-corrected chi connectivity index (χ1v) is 6.15. The van der Waals surface area contributed by atoms with E-state index in [1.807, 2.05) is 6.92 Å². The van der Waals surface area contributed by atoms with Gasteiger partial charge in [0.1, 0.15) is 0 Å². The maximum absolute atomic E-state index is 13.8. The van der Waals surface area contributed by atoms with Crippen molar-refractivity contribution in [3.63, 3.8) is 0 Å². The van der Waals surface area contributed by atoms with Gasteiger partial charge in [-0.1, -0.05) is 6.07 Å². The Kier molecular flexibility index (Phi) is 3.27. The van der Waals surface area contributed by atoms with Crippen LogP contribution in [0.4, 0.5) is 22.0 Å². The predicted octanol–water partition coefficient (Wildman–Crippen LogP) is 4.30. The number of aryl methyl sites for hydroxylation is 1. The fourth-order valence-electron chi connectivity index (χ4n) is 2.07. The van der Waals surface area contributed by atoms with Crippen LogP contribution in [-0.2, 0) is 0 Å². The third-order valence-corrected chi connectivity index (χ3v) is 3.16. The van der Waals surface area contributed by atoms with Gasteiger partial charge >= 0.3 is 0 Å². The first-order valence-electron chi connectivity index (χ1n) is 6.15. The van der Waals surface area contributed by atoms with Crippen molar-refractivity contribution in [3.05, 3.63) is 59.0 Å². The minimum Gasteiger partial charge on any atom is -0.252 e. The molecule has 3 aromatic rings. The summed E-state index contributed by atoms with van der Waals surface area (Å²) in [6.07, 6.45) is 0.972. The Hall–Kier alpha value is -2.57. The number of hydrogen-bond donors (Lipinski definition) is 0. The Labute approximate surface area is 121 Å². The second-order valence-electron chi connectivity index (χ2n) is 4.69. The van der Waals surface area contributed by atoms with E-state index in [-0.39, 0.29) is 5.52 Å². The highest BCUT2D eigenvalue weighted by Crippen LogP contribution is 2.30. The number of aromatic nitrogens is 2.